The molecule has 0 spiro atoms. The first-order chi connectivity index (χ1) is 25.2. The molecule has 0 radical (unpaired) electrons. The van der Waals surface area contributed by atoms with Gasteiger partial charge in [-0.2, -0.15) is 0 Å². The maximum Gasteiger partial charge on any atom is 0.0177 e. The average molecular weight is 654 g/mol. The van der Waals surface area contributed by atoms with Gasteiger partial charge in [0.15, 0.2) is 0 Å². The van der Waals surface area contributed by atoms with Crippen LogP contribution in [0, 0.1) is 0 Å². The van der Waals surface area contributed by atoms with Crippen LogP contribution in [0.1, 0.15) is 47.4 Å². The van der Waals surface area contributed by atoms with Crippen LogP contribution in [0.2, 0.25) is 0 Å². The fraction of sp³-hybridized carbons (Fsp3) is 0.120. The van der Waals surface area contributed by atoms with Gasteiger partial charge in [-0.15, -0.1) is 0 Å². The highest BCUT2D eigenvalue weighted by Crippen LogP contribution is 2.43. The van der Waals surface area contributed by atoms with Crippen molar-refractivity contribution in [2.45, 2.75) is 31.6 Å². The van der Waals surface area contributed by atoms with Crippen molar-refractivity contribution < 1.29 is 0 Å². The minimum atomic E-state index is 0.352. The van der Waals surface area contributed by atoms with Gasteiger partial charge in [0, 0.05) is 12.5 Å². The lowest BCUT2D eigenvalue weighted by atomic mass is 9.86. The Kier molecular flexibility index (Phi) is 7.22. The van der Waals surface area contributed by atoms with E-state index in [-0.39, 0.29) is 0 Å². The molecule has 51 heavy (non-hydrogen) atoms. The summed E-state index contributed by atoms with van der Waals surface area (Å²) in [4.78, 5) is 0. The summed E-state index contributed by atoms with van der Waals surface area (Å²) < 4.78 is 0. The lowest BCUT2D eigenvalue weighted by Crippen LogP contribution is -2.08. The van der Waals surface area contributed by atoms with E-state index in [4.69, 9.17) is 5.73 Å². The lowest BCUT2D eigenvalue weighted by Gasteiger charge is -2.19. The van der Waals surface area contributed by atoms with Crippen LogP contribution in [-0.4, -0.2) is 6.54 Å². The van der Waals surface area contributed by atoms with Crippen LogP contribution in [0.15, 0.2) is 169 Å². The first kappa shape index (κ1) is 30.1. The molecule has 0 bridgehead atoms. The van der Waals surface area contributed by atoms with Gasteiger partial charge in [-0.3, -0.25) is 0 Å². The number of nitrogens with two attached hydrogens (primary N) is 1. The molecule has 0 saturated carbocycles. The quantitative estimate of drug-likeness (QED) is 0.184. The van der Waals surface area contributed by atoms with Crippen molar-refractivity contribution in [3.8, 4) is 22.3 Å². The van der Waals surface area contributed by atoms with Gasteiger partial charge in [0.2, 0.25) is 0 Å². The Hall–Kier alpha value is -5.76. The fourth-order valence-corrected chi connectivity index (χ4v) is 8.98. The predicted octanol–water partition coefficient (Wildman–Crippen LogP) is 12.6. The van der Waals surface area contributed by atoms with Gasteiger partial charge in [-0.25, -0.2) is 0 Å². The van der Waals surface area contributed by atoms with E-state index in [1.54, 1.807) is 0 Å². The van der Waals surface area contributed by atoms with E-state index in [2.05, 4.69) is 158 Å². The second-order valence-electron chi connectivity index (χ2n) is 14.4. The summed E-state index contributed by atoms with van der Waals surface area (Å²) >= 11 is 0. The van der Waals surface area contributed by atoms with Gasteiger partial charge in [0.1, 0.15) is 0 Å². The highest BCUT2D eigenvalue weighted by atomic mass is 14.5. The predicted molar refractivity (Wildman–Crippen MR) is 218 cm³/mol. The minimum absolute atomic E-state index is 0.352. The Balaban J connectivity index is 0.910. The minimum Gasteiger partial charge on any atom is -0.326 e. The molecule has 1 nitrogen and oxygen atoms in total. The van der Waals surface area contributed by atoms with Crippen LogP contribution in [0.5, 0.6) is 0 Å². The maximum atomic E-state index is 6.11. The lowest BCUT2D eigenvalue weighted by molar-refractivity contribution is 0.857. The number of fused-ring (bicyclic) bond motifs is 8. The molecular weight excluding hydrogens is 615 g/mol. The molecule has 0 fully saturated rings. The zero-order chi connectivity index (χ0) is 33.9. The number of rotatable bonds is 5. The van der Waals surface area contributed by atoms with Gasteiger partial charge in [-0.1, -0.05) is 146 Å². The molecule has 244 valence electrons. The highest BCUT2D eigenvalue weighted by molar-refractivity contribution is 6.25. The van der Waals surface area contributed by atoms with Crippen molar-refractivity contribution in [2.75, 3.05) is 6.54 Å². The first-order valence-electron chi connectivity index (χ1n) is 18.4. The Labute approximate surface area is 299 Å². The summed E-state index contributed by atoms with van der Waals surface area (Å²) in [5, 5.41) is 7.91. The Bertz CT molecular complexity index is 2640. The molecule has 3 aliphatic carbocycles. The van der Waals surface area contributed by atoms with Crippen LogP contribution in [-0.2, 0) is 6.42 Å². The standard InChI is InChI=1S/C50H39N/c51-31-40-12-7-17-43-42-24-22-38(28-41(42)30-49(40)43)37-11-6-10-36(27-37)35-9-5-8-34(26-35)32-18-20-33(21-19-32)39-23-25-48-46-15-2-1-13-44(46)45-14-3-4-16-47(45)50(48)29-39/h1-6,8-16,18,20-29,32H,7,17,19,30-31,51H2. The molecule has 0 saturated heterocycles. The molecule has 0 aliphatic heterocycles. The average Bonchev–Trinajstić information content (AvgIpc) is 3.59. The van der Waals surface area contributed by atoms with Crippen molar-refractivity contribution in [1.29, 1.82) is 0 Å². The van der Waals surface area contributed by atoms with Crippen LogP contribution < -0.4 is 5.73 Å². The topological polar surface area (TPSA) is 26.0 Å². The van der Waals surface area contributed by atoms with E-state index in [0.717, 1.165) is 25.7 Å². The van der Waals surface area contributed by atoms with Crippen LogP contribution in [0.3, 0.4) is 0 Å². The Morgan fingerprint density at radius 2 is 1.18 bits per heavy atom. The summed E-state index contributed by atoms with van der Waals surface area (Å²) in [6, 6.07) is 49.9. The molecule has 10 rings (SSSR count). The highest BCUT2D eigenvalue weighted by Gasteiger charge is 2.25. The van der Waals surface area contributed by atoms with Crippen LogP contribution in [0.4, 0.5) is 0 Å². The second-order valence-corrected chi connectivity index (χ2v) is 14.4. The van der Waals surface area contributed by atoms with Gasteiger partial charge in [0.05, 0.1) is 0 Å². The molecular formula is C50H39N. The van der Waals surface area contributed by atoms with Gasteiger partial charge < -0.3 is 5.73 Å². The molecule has 2 N–H and O–H groups in total. The number of hydrogen-bond acceptors (Lipinski definition) is 1. The zero-order valence-electron chi connectivity index (χ0n) is 28.7. The molecule has 0 aromatic heterocycles. The summed E-state index contributed by atoms with van der Waals surface area (Å²) in [5.41, 5.74) is 22.3. The fourth-order valence-electron chi connectivity index (χ4n) is 8.98. The maximum absolute atomic E-state index is 6.11. The van der Waals surface area contributed by atoms with E-state index in [9.17, 15) is 0 Å². The molecule has 0 heterocycles. The summed E-state index contributed by atoms with van der Waals surface area (Å²) in [6.07, 6.45) is 13.7. The van der Waals surface area contributed by atoms with Crippen molar-refractivity contribution >= 4 is 43.5 Å². The van der Waals surface area contributed by atoms with E-state index >= 15 is 0 Å². The first-order valence-corrected chi connectivity index (χ1v) is 18.4. The van der Waals surface area contributed by atoms with Crippen LogP contribution in [0.25, 0.3) is 65.7 Å². The van der Waals surface area contributed by atoms with Crippen molar-refractivity contribution in [1.82, 2.24) is 0 Å². The largest absolute Gasteiger partial charge is 0.326 e. The van der Waals surface area contributed by atoms with E-state index < -0.39 is 0 Å². The smallest absolute Gasteiger partial charge is 0.0177 e. The SMILES string of the molecule is NCC1=CCCC2=C1Cc1cc(-c3cccc(-c4cccc(C5C=CC(c6ccc7c8ccccc8c8ccccc8c7c6)=CC5)c4)c3)ccc12. The van der Waals surface area contributed by atoms with Gasteiger partial charge >= 0.3 is 0 Å². The van der Waals surface area contributed by atoms with Crippen LogP contribution >= 0.6 is 0 Å². The summed E-state index contributed by atoms with van der Waals surface area (Å²) in [7, 11) is 0. The number of allylic oxidation sites excluding steroid dienone is 6. The third-order valence-electron chi connectivity index (χ3n) is 11.6. The molecule has 7 aromatic carbocycles. The van der Waals surface area contributed by atoms with Gasteiger partial charge in [0.25, 0.3) is 0 Å². The van der Waals surface area contributed by atoms with Gasteiger partial charge in [-0.05, 0) is 137 Å². The molecule has 1 heteroatoms. The van der Waals surface area contributed by atoms with Crippen molar-refractivity contribution in [2.24, 2.45) is 5.73 Å². The number of benzene rings is 7. The van der Waals surface area contributed by atoms with Crippen molar-refractivity contribution in [3.63, 3.8) is 0 Å². The molecule has 0 amide bonds. The second kappa shape index (κ2) is 12.2. The Morgan fingerprint density at radius 3 is 1.88 bits per heavy atom. The molecule has 3 aliphatic rings. The third kappa shape index (κ3) is 5.11. The Morgan fingerprint density at radius 1 is 0.529 bits per heavy atom. The summed E-state index contributed by atoms with van der Waals surface area (Å²) in [5.74, 6) is 0.352. The van der Waals surface area contributed by atoms with E-state index in [1.807, 2.05) is 0 Å². The number of hydrogen-bond donors (Lipinski definition) is 1. The molecule has 1 atom stereocenters. The molecule has 7 aromatic rings. The van der Waals surface area contributed by atoms with E-state index in [0.29, 0.717) is 12.5 Å². The molecule has 1 unspecified atom stereocenters. The third-order valence-corrected chi connectivity index (χ3v) is 11.6. The monoisotopic (exact) mass is 653 g/mol. The zero-order valence-corrected chi connectivity index (χ0v) is 28.7. The normalized spacial score (nSPS) is 16.8. The van der Waals surface area contributed by atoms with Crippen molar-refractivity contribution in [3.05, 3.63) is 191 Å². The van der Waals surface area contributed by atoms with E-state index in [1.165, 1.54) is 99.1 Å². The summed E-state index contributed by atoms with van der Waals surface area (Å²) in [6.45, 7) is 0.634.